The third kappa shape index (κ3) is 4.27. The van der Waals surface area contributed by atoms with Crippen molar-refractivity contribution in [1.82, 2.24) is 9.03 Å². The molecule has 1 aromatic rings. The summed E-state index contributed by atoms with van der Waals surface area (Å²) in [6.45, 7) is 0.674. The van der Waals surface area contributed by atoms with Gasteiger partial charge in [0, 0.05) is 25.2 Å². The number of piperidine rings is 1. The van der Waals surface area contributed by atoms with Gasteiger partial charge in [0.1, 0.15) is 0 Å². The van der Waals surface area contributed by atoms with Gasteiger partial charge in [-0.2, -0.15) is 4.31 Å². The highest BCUT2D eigenvalue weighted by Crippen LogP contribution is 2.25. The number of rotatable bonds is 5. The Morgan fingerprint density at radius 3 is 2.38 bits per heavy atom. The average Bonchev–Trinajstić information content (AvgIpc) is 3.31. The summed E-state index contributed by atoms with van der Waals surface area (Å²) in [7, 11) is -7.41. The van der Waals surface area contributed by atoms with Gasteiger partial charge in [-0.25, -0.2) is 21.6 Å². The summed E-state index contributed by atoms with van der Waals surface area (Å²) < 4.78 is 53.8. The van der Waals surface area contributed by atoms with Crippen molar-refractivity contribution in [2.24, 2.45) is 5.73 Å². The molecule has 1 saturated heterocycles. The van der Waals surface area contributed by atoms with Crippen LogP contribution in [0.15, 0.2) is 34.1 Å². The third-order valence-electron chi connectivity index (χ3n) is 4.07. The molecular formula is C14H22ClN3O4S2. The van der Waals surface area contributed by atoms with E-state index >= 15 is 0 Å². The average molecular weight is 396 g/mol. The van der Waals surface area contributed by atoms with Crippen LogP contribution in [0, 0.1) is 0 Å². The van der Waals surface area contributed by atoms with Gasteiger partial charge in [0.25, 0.3) is 0 Å². The van der Waals surface area contributed by atoms with E-state index in [4.69, 9.17) is 5.73 Å². The van der Waals surface area contributed by atoms with Crippen molar-refractivity contribution in [2.75, 3.05) is 13.1 Å². The molecular weight excluding hydrogens is 374 g/mol. The van der Waals surface area contributed by atoms with E-state index in [1.807, 2.05) is 0 Å². The summed E-state index contributed by atoms with van der Waals surface area (Å²) in [5, 5.41) is 0. The van der Waals surface area contributed by atoms with E-state index in [9.17, 15) is 16.8 Å². The minimum atomic E-state index is -3.73. The molecule has 1 aliphatic carbocycles. The van der Waals surface area contributed by atoms with Gasteiger partial charge in [-0.3, -0.25) is 0 Å². The normalized spacial score (nSPS) is 22.8. The van der Waals surface area contributed by atoms with Crippen molar-refractivity contribution in [3.63, 3.8) is 0 Å². The smallest absolute Gasteiger partial charge is 0.243 e. The zero-order valence-electron chi connectivity index (χ0n) is 13.1. The number of hydrogen-bond acceptors (Lipinski definition) is 5. The molecule has 1 unspecified atom stereocenters. The lowest BCUT2D eigenvalue weighted by molar-refractivity contribution is 0.316. The second-order valence-electron chi connectivity index (χ2n) is 6.14. The topological polar surface area (TPSA) is 110 Å². The van der Waals surface area contributed by atoms with Gasteiger partial charge in [0.05, 0.1) is 9.79 Å². The molecule has 136 valence electrons. The fourth-order valence-corrected chi connectivity index (χ4v) is 5.64. The number of hydrogen-bond donors (Lipinski definition) is 2. The minimum Gasteiger partial charge on any atom is -0.327 e. The highest BCUT2D eigenvalue weighted by molar-refractivity contribution is 7.90. The van der Waals surface area contributed by atoms with E-state index in [1.54, 1.807) is 0 Å². The lowest BCUT2D eigenvalue weighted by Gasteiger charge is -2.29. The molecule has 0 spiro atoms. The zero-order chi connectivity index (χ0) is 16.7. The highest BCUT2D eigenvalue weighted by Gasteiger charge is 2.31. The molecule has 0 amide bonds. The molecule has 1 aliphatic heterocycles. The third-order valence-corrected chi connectivity index (χ3v) is 7.45. The van der Waals surface area contributed by atoms with Gasteiger partial charge in [-0.15, -0.1) is 12.4 Å². The van der Waals surface area contributed by atoms with Crippen molar-refractivity contribution in [3.05, 3.63) is 24.3 Å². The Labute approximate surface area is 149 Å². The van der Waals surface area contributed by atoms with Crippen LogP contribution in [0.4, 0.5) is 0 Å². The quantitative estimate of drug-likeness (QED) is 0.761. The first kappa shape index (κ1) is 19.6. The Bertz CT molecular complexity index is 794. The summed E-state index contributed by atoms with van der Waals surface area (Å²) in [6, 6.07) is 5.30. The van der Waals surface area contributed by atoms with Crippen LogP contribution in [0.2, 0.25) is 0 Å². The Morgan fingerprint density at radius 2 is 1.75 bits per heavy atom. The predicted octanol–water partition coefficient (Wildman–Crippen LogP) is 0.661. The molecule has 2 aliphatic rings. The first-order valence-corrected chi connectivity index (χ1v) is 10.6. The highest BCUT2D eigenvalue weighted by atomic mass is 35.5. The predicted molar refractivity (Wildman–Crippen MR) is 93.0 cm³/mol. The molecule has 10 heteroatoms. The van der Waals surface area contributed by atoms with Crippen molar-refractivity contribution >= 4 is 32.5 Å². The van der Waals surface area contributed by atoms with Crippen LogP contribution in [0.5, 0.6) is 0 Å². The maximum absolute atomic E-state index is 12.7. The van der Waals surface area contributed by atoms with E-state index in [-0.39, 0.29) is 40.8 Å². The molecule has 1 atom stereocenters. The minimum absolute atomic E-state index is 0. The fraction of sp³-hybridized carbons (Fsp3) is 0.571. The number of sulfonamides is 2. The Morgan fingerprint density at radius 1 is 1.08 bits per heavy atom. The molecule has 0 radical (unpaired) electrons. The Balaban J connectivity index is 0.00000208. The van der Waals surface area contributed by atoms with E-state index in [0.29, 0.717) is 13.0 Å². The summed E-state index contributed by atoms with van der Waals surface area (Å²) >= 11 is 0. The first-order valence-electron chi connectivity index (χ1n) is 7.67. The summed E-state index contributed by atoms with van der Waals surface area (Å²) in [5.41, 5.74) is 5.85. The summed E-state index contributed by atoms with van der Waals surface area (Å²) in [5.74, 6) is 0. The van der Waals surface area contributed by atoms with Crippen molar-refractivity contribution in [1.29, 1.82) is 0 Å². The molecule has 24 heavy (non-hydrogen) atoms. The number of benzene rings is 1. The maximum atomic E-state index is 12.7. The van der Waals surface area contributed by atoms with E-state index in [0.717, 1.165) is 19.3 Å². The maximum Gasteiger partial charge on any atom is 0.243 e. The molecule has 2 fully saturated rings. The number of nitrogens with one attached hydrogen (secondary N) is 1. The molecule has 1 aromatic carbocycles. The Kier molecular flexibility index (Phi) is 5.94. The van der Waals surface area contributed by atoms with Gasteiger partial charge in [0.15, 0.2) is 0 Å². The molecule has 0 aromatic heterocycles. The van der Waals surface area contributed by atoms with Gasteiger partial charge in [-0.05, 0) is 43.9 Å². The second-order valence-corrected chi connectivity index (χ2v) is 9.79. The molecule has 3 rings (SSSR count). The molecule has 0 bridgehead atoms. The number of nitrogens with two attached hydrogens (primary N) is 1. The van der Waals surface area contributed by atoms with Crippen LogP contribution in [0.3, 0.4) is 0 Å². The lowest BCUT2D eigenvalue weighted by atomic mass is 10.1. The Hall–Kier alpha value is -0.710. The van der Waals surface area contributed by atoms with Crippen LogP contribution < -0.4 is 10.5 Å². The zero-order valence-corrected chi connectivity index (χ0v) is 15.5. The number of nitrogens with zero attached hydrogens (tertiary/aromatic N) is 1. The fourth-order valence-electron chi connectivity index (χ4n) is 2.63. The van der Waals surface area contributed by atoms with E-state index in [1.165, 1.54) is 28.6 Å². The van der Waals surface area contributed by atoms with Gasteiger partial charge in [0.2, 0.25) is 20.0 Å². The van der Waals surface area contributed by atoms with Crippen LogP contribution in [0.1, 0.15) is 25.7 Å². The molecule has 1 saturated carbocycles. The van der Waals surface area contributed by atoms with Gasteiger partial charge in [-0.1, -0.05) is 6.07 Å². The van der Waals surface area contributed by atoms with Crippen molar-refractivity contribution < 1.29 is 16.8 Å². The van der Waals surface area contributed by atoms with E-state index < -0.39 is 20.0 Å². The molecule has 3 N–H and O–H groups in total. The lowest BCUT2D eigenvalue weighted by Crippen LogP contribution is -2.45. The van der Waals surface area contributed by atoms with Crippen LogP contribution in [-0.2, 0) is 20.0 Å². The molecule has 1 heterocycles. The largest absolute Gasteiger partial charge is 0.327 e. The number of halogens is 1. The van der Waals surface area contributed by atoms with Gasteiger partial charge < -0.3 is 5.73 Å². The SMILES string of the molecule is Cl.NC1CCCN(S(=O)(=O)c2cccc(S(=O)(=O)NC3CC3)c2)C1. The van der Waals surface area contributed by atoms with Crippen LogP contribution in [0.25, 0.3) is 0 Å². The van der Waals surface area contributed by atoms with Gasteiger partial charge >= 0.3 is 0 Å². The second kappa shape index (κ2) is 7.27. The summed E-state index contributed by atoms with van der Waals surface area (Å²) in [6.07, 6.45) is 3.15. The van der Waals surface area contributed by atoms with Crippen LogP contribution in [-0.4, -0.2) is 46.3 Å². The first-order chi connectivity index (χ1) is 10.8. The molecule has 7 nitrogen and oxygen atoms in total. The summed E-state index contributed by atoms with van der Waals surface area (Å²) in [4.78, 5) is -0.0305. The van der Waals surface area contributed by atoms with Crippen LogP contribution >= 0.6 is 12.4 Å². The van der Waals surface area contributed by atoms with Crippen molar-refractivity contribution in [3.8, 4) is 0 Å². The van der Waals surface area contributed by atoms with Crippen molar-refractivity contribution in [2.45, 2.75) is 47.6 Å². The standard InChI is InChI=1S/C14H21N3O4S2.ClH/c15-11-3-2-8-17(10-11)23(20,21)14-5-1-4-13(9-14)22(18,19)16-12-6-7-12;/h1,4-5,9,11-12,16H,2-3,6-8,10,15H2;1H. The van der Waals surface area contributed by atoms with E-state index in [2.05, 4.69) is 4.72 Å². The monoisotopic (exact) mass is 395 g/mol.